The van der Waals surface area contributed by atoms with Gasteiger partial charge in [0.1, 0.15) is 0 Å². The Balaban J connectivity index is 1.97. The van der Waals surface area contributed by atoms with Crippen molar-refractivity contribution in [1.29, 1.82) is 0 Å². The molecule has 0 saturated heterocycles. The molecule has 3 aromatic carbocycles. The van der Waals surface area contributed by atoms with E-state index in [1.165, 1.54) is 5.56 Å². The molecule has 1 unspecified atom stereocenters. The third-order valence-corrected chi connectivity index (χ3v) is 4.06. The number of rotatable bonds is 1. The van der Waals surface area contributed by atoms with Gasteiger partial charge in [-0.25, -0.2) is 4.79 Å². The molecule has 1 aliphatic heterocycles. The molecule has 0 amide bonds. The first kappa shape index (κ1) is 12.2. The second kappa shape index (κ2) is 4.45. The minimum atomic E-state index is -0.306. The molecule has 0 fully saturated rings. The molecule has 0 saturated carbocycles. The molecule has 4 rings (SSSR count). The summed E-state index contributed by atoms with van der Waals surface area (Å²) >= 11 is 0. The molecule has 0 aliphatic carbocycles. The lowest BCUT2D eigenvalue weighted by Gasteiger charge is -2.13. The molecule has 0 radical (unpaired) electrons. The van der Waals surface area contributed by atoms with Gasteiger partial charge in [-0.05, 0) is 29.3 Å². The van der Waals surface area contributed by atoms with Crippen LogP contribution in [0.1, 0.15) is 33.2 Å². The van der Waals surface area contributed by atoms with Crippen molar-refractivity contribution in [3.8, 4) is 0 Å². The van der Waals surface area contributed by atoms with E-state index in [1.807, 2.05) is 55.5 Å². The van der Waals surface area contributed by atoms with Crippen LogP contribution < -0.4 is 0 Å². The van der Waals surface area contributed by atoms with E-state index in [4.69, 9.17) is 4.74 Å². The Labute approximate surface area is 123 Å². The van der Waals surface area contributed by atoms with E-state index in [0.717, 1.165) is 21.9 Å². The van der Waals surface area contributed by atoms with E-state index in [1.54, 1.807) is 0 Å². The number of hydrogen-bond donors (Lipinski definition) is 0. The predicted molar refractivity (Wildman–Crippen MR) is 82.4 cm³/mol. The summed E-state index contributed by atoms with van der Waals surface area (Å²) in [5.41, 5.74) is 3.88. The van der Waals surface area contributed by atoms with Gasteiger partial charge in [0, 0.05) is 5.56 Å². The monoisotopic (exact) mass is 274 g/mol. The fraction of sp³-hybridized carbons (Fsp3) is 0.105. The highest BCUT2D eigenvalue weighted by molar-refractivity contribution is 6.02. The van der Waals surface area contributed by atoms with E-state index in [0.29, 0.717) is 5.56 Å². The summed E-state index contributed by atoms with van der Waals surface area (Å²) in [5, 5.41) is 2.22. The van der Waals surface area contributed by atoms with Crippen LogP contribution in [0.25, 0.3) is 10.8 Å². The molecule has 1 atom stereocenters. The smallest absolute Gasteiger partial charge is 0.339 e. The Hall–Kier alpha value is -2.61. The van der Waals surface area contributed by atoms with E-state index in [-0.39, 0.29) is 12.1 Å². The zero-order chi connectivity index (χ0) is 14.4. The topological polar surface area (TPSA) is 26.3 Å². The summed E-state index contributed by atoms with van der Waals surface area (Å²) < 4.78 is 5.63. The Bertz CT molecular complexity index is 847. The van der Waals surface area contributed by atoms with E-state index in [9.17, 15) is 4.79 Å². The average molecular weight is 274 g/mol. The van der Waals surface area contributed by atoms with Gasteiger partial charge in [-0.2, -0.15) is 0 Å². The first-order valence-electron chi connectivity index (χ1n) is 7.03. The quantitative estimate of drug-likeness (QED) is 0.614. The zero-order valence-electron chi connectivity index (χ0n) is 11.7. The Morgan fingerprint density at radius 3 is 2.48 bits per heavy atom. The number of aryl methyl sites for hydroxylation is 1. The third-order valence-electron chi connectivity index (χ3n) is 4.06. The Morgan fingerprint density at radius 2 is 1.67 bits per heavy atom. The van der Waals surface area contributed by atoms with Crippen molar-refractivity contribution < 1.29 is 9.53 Å². The third kappa shape index (κ3) is 1.83. The molecule has 0 N–H and O–H groups in total. The maximum atomic E-state index is 12.1. The van der Waals surface area contributed by atoms with Gasteiger partial charge in [0.2, 0.25) is 0 Å². The molecular weight excluding hydrogens is 260 g/mol. The van der Waals surface area contributed by atoms with Gasteiger partial charge >= 0.3 is 5.97 Å². The number of benzene rings is 3. The minimum Gasteiger partial charge on any atom is -0.449 e. The number of carbonyl (C=O) groups is 1. The van der Waals surface area contributed by atoms with Crippen molar-refractivity contribution in [2.24, 2.45) is 0 Å². The highest BCUT2D eigenvalue weighted by Gasteiger charge is 2.33. The zero-order valence-corrected chi connectivity index (χ0v) is 11.7. The number of esters is 1. The highest BCUT2D eigenvalue weighted by atomic mass is 16.5. The summed E-state index contributed by atoms with van der Waals surface area (Å²) in [4.78, 5) is 12.1. The molecule has 0 aromatic heterocycles. The van der Waals surface area contributed by atoms with Gasteiger partial charge < -0.3 is 4.74 Å². The van der Waals surface area contributed by atoms with Crippen molar-refractivity contribution in [1.82, 2.24) is 0 Å². The molecular formula is C19H14O2. The number of carbonyl (C=O) groups excluding carboxylic acids is 1. The van der Waals surface area contributed by atoms with Gasteiger partial charge in [-0.15, -0.1) is 0 Å². The van der Waals surface area contributed by atoms with Gasteiger partial charge in [-0.1, -0.05) is 60.2 Å². The second-order valence-corrected chi connectivity index (χ2v) is 5.44. The number of hydrogen-bond acceptors (Lipinski definition) is 2. The van der Waals surface area contributed by atoms with Crippen molar-refractivity contribution >= 4 is 16.7 Å². The molecule has 2 heteroatoms. The van der Waals surface area contributed by atoms with Crippen LogP contribution in [-0.2, 0) is 4.74 Å². The van der Waals surface area contributed by atoms with Gasteiger partial charge in [0.15, 0.2) is 6.10 Å². The predicted octanol–water partition coefficient (Wildman–Crippen LogP) is 4.41. The summed E-state index contributed by atoms with van der Waals surface area (Å²) in [7, 11) is 0. The average Bonchev–Trinajstić information content (AvgIpc) is 2.86. The lowest BCUT2D eigenvalue weighted by atomic mass is 9.93. The summed E-state index contributed by atoms with van der Waals surface area (Å²) in [6, 6.07) is 20.1. The molecule has 0 bridgehead atoms. The number of cyclic esters (lactones) is 1. The fourth-order valence-corrected chi connectivity index (χ4v) is 2.96. The second-order valence-electron chi connectivity index (χ2n) is 5.44. The van der Waals surface area contributed by atoms with Gasteiger partial charge in [0.05, 0.1) is 5.56 Å². The number of fused-ring (bicyclic) bond motifs is 3. The van der Waals surface area contributed by atoms with Crippen molar-refractivity contribution in [3.05, 3.63) is 82.9 Å². The molecule has 102 valence electrons. The molecule has 1 heterocycles. The summed E-state index contributed by atoms with van der Waals surface area (Å²) in [6.45, 7) is 2.05. The molecule has 0 spiro atoms. The highest BCUT2D eigenvalue weighted by Crippen LogP contribution is 2.40. The van der Waals surface area contributed by atoms with Crippen molar-refractivity contribution in [3.63, 3.8) is 0 Å². The maximum absolute atomic E-state index is 12.1. The Kier molecular flexibility index (Phi) is 2.58. The van der Waals surface area contributed by atoms with Crippen LogP contribution >= 0.6 is 0 Å². The Morgan fingerprint density at radius 1 is 0.905 bits per heavy atom. The van der Waals surface area contributed by atoms with Crippen LogP contribution in [0, 0.1) is 6.92 Å². The molecule has 21 heavy (non-hydrogen) atoms. The molecule has 2 nitrogen and oxygen atoms in total. The van der Waals surface area contributed by atoms with E-state index < -0.39 is 0 Å². The first-order chi connectivity index (χ1) is 10.2. The van der Waals surface area contributed by atoms with Crippen LogP contribution in [-0.4, -0.2) is 5.97 Å². The van der Waals surface area contributed by atoms with Crippen LogP contribution in [0.2, 0.25) is 0 Å². The standard InChI is InChI=1S/C19H14O2/c1-12-6-8-14(9-7-12)18-17-15-5-3-2-4-13(15)10-11-16(17)19(20)21-18/h2-11,18H,1H3. The molecule has 3 aromatic rings. The summed E-state index contributed by atoms with van der Waals surface area (Å²) in [5.74, 6) is -0.235. The maximum Gasteiger partial charge on any atom is 0.339 e. The van der Waals surface area contributed by atoms with E-state index >= 15 is 0 Å². The summed E-state index contributed by atoms with van der Waals surface area (Å²) in [6.07, 6.45) is -0.306. The fourth-order valence-electron chi connectivity index (χ4n) is 2.96. The minimum absolute atomic E-state index is 0.235. The first-order valence-corrected chi connectivity index (χ1v) is 7.03. The van der Waals surface area contributed by atoms with Crippen LogP contribution in [0.3, 0.4) is 0 Å². The van der Waals surface area contributed by atoms with Crippen molar-refractivity contribution in [2.45, 2.75) is 13.0 Å². The normalized spacial score (nSPS) is 16.8. The number of ether oxygens (including phenoxy) is 1. The van der Waals surface area contributed by atoms with Gasteiger partial charge in [-0.3, -0.25) is 0 Å². The lowest BCUT2D eigenvalue weighted by Crippen LogP contribution is -2.00. The van der Waals surface area contributed by atoms with Crippen molar-refractivity contribution in [2.75, 3.05) is 0 Å². The largest absolute Gasteiger partial charge is 0.449 e. The van der Waals surface area contributed by atoms with Crippen LogP contribution in [0.5, 0.6) is 0 Å². The SMILES string of the molecule is Cc1ccc(C2OC(=O)c3ccc4ccccc4c32)cc1. The lowest BCUT2D eigenvalue weighted by molar-refractivity contribution is 0.0457. The van der Waals surface area contributed by atoms with Crippen LogP contribution in [0.4, 0.5) is 0 Å². The molecule has 1 aliphatic rings. The van der Waals surface area contributed by atoms with E-state index in [2.05, 4.69) is 12.1 Å². The van der Waals surface area contributed by atoms with Crippen LogP contribution in [0.15, 0.2) is 60.7 Å². The van der Waals surface area contributed by atoms with Gasteiger partial charge in [0.25, 0.3) is 0 Å².